The second kappa shape index (κ2) is 6.89. The molecule has 0 saturated heterocycles. The average Bonchev–Trinajstić information content (AvgIpc) is 2.53. The van der Waals surface area contributed by atoms with Gasteiger partial charge < -0.3 is 10.4 Å². The first-order valence-electron chi connectivity index (χ1n) is 6.43. The van der Waals surface area contributed by atoms with Crippen LogP contribution in [0.25, 0.3) is 0 Å². The van der Waals surface area contributed by atoms with Crippen molar-refractivity contribution in [1.82, 2.24) is 5.32 Å². The Kier molecular flexibility index (Phi) is 4.92. The van der Waals surface area contributed by atoms with E-state index in [1.165, 1.54) is 24.3 Å². The molecule has 118 valence electrons. The van der Waals surface area contributed by atoms with E-state index < -0.39 is 16.8 Å². The first-order valence-corrected chi connectivity index (χ1v) is 6.80. The molecule has 2 aromatic carbocycles. The lowest BCUT2D eigenvalue weighted by molar-refractivity contribution is -0.384. The maximum atomic E-state index is 12.1. The first kappa shape index (κ1) is 16.4. The van der Waals surface area contributed by atoms with Gasteiger partial charge in [-0.3, -0.25) is 14.9 Å². The number of halogens is 1. The number of carbonyl (C=O) groups excluding carboxylic acids is 1. The van der Waals surface area contributed by atoms with E-state index in [1.807, 2.05) is 0 Å². The molecule has 0 spiro atoms. The maximum absolute atomic E-state index is 12.1. The highest BCUT2D eigenvalue weighted by molar-refractivity contribution is 6.33. The Morgan fingerprint density at radius 1 is 1.22 bits per heavy atom. The lowest BCUT2D eigenvalue weighted by atomic mass is 10.1. The maximum Gasteiger partial charge on any atom is 0.335 e. The molecular weight excluding hydrogens is 324 g/mol. The third-order valence-electron chi connectivity index (χ3n) is 3.03. The van der Waals surface area contributed by atoms with Crippen molar-refractivity contribution >= 4 is 29.2 Å². The summed E-state index contributed by atoms with van der Waals surface area (Å²) < 4.78 is 0. The molecule has 0 aliphatic carbocycles. The minimum atomic E-state index is -1.07. The number of aromatic carboxylic acids is 1. The monoisotopic (exact) mass is 334 g/mol. The average molecular weight is 335 g/mol. The highest BCUT2D eigenvalue weighted by atomic mass is 35.5. The van der Waals surface area contributed by atoms with Crippen LogP contribution in [0.1, 0.15) is 26.3 Å². The molecule has 0 aliphatic rings. The largest absolute Gasteiger partial charge is 0.478 e. The topological polar surface area (TPSA) is 110 Å². The molecule has 2 aromatic rings. The minimum absolute atomic E-state index is 0.0183. The molecule has 0 unspecified atom stereocenters. The molecule has 0 bridgehead atoms. The van der Waals surface area contributed by atoms with Gasteiger partial charge in [0.1, 0.15) is 0 Å². The molecule has 8 heteroatoms. The van der Waals surface area contributed by atoms with E-state index in [9.17, 15) is 19.7 Å². The van der Waals surface area contributed by atoms with Crippen molar-refractivity contribution in [2.24, 2.45) is 0 Å². The predicted molar refractivity (Wildman–Crippen MR) is 82.7 cm³/mol. The van der Waals surface area contributed by atoms with E-state index >= 15 is 0 Å². The van der Waals surface area contributed by atoms with Gasteiger partial charge in [-0.25, -0.2) is 4.79 Å². The Morgan fingerprint density at radius 2 is 1.96 bits per heavy atom. The second-order valence-corrected chi connectivity index (χ2v) is 5.02. The van der Waals surface area contributed by atoms with Crippen LogP contribution in [0.4, 0.5) is 5.69 Å². The van der Waals surface area contributed by atoms with Crippen molar-refractivity contribution in [1.29, 1.82) is 0 Å². The molecule has 0 heterocycles. The number of carboxylic acids is 1. The molecule has 0 radical (unpaired) electrons. The number of nitro benzene ring substituents is 1. The van der Waals surface area contributed by atoms with Crippen LogP contribution < -0.4 is 5.32 Å². The van der Waals surface area contributed by atoms with Gasteiger partial charge in [0, 0.05) is 18.7 Å². The molecule has 23 heavy (non-hydrogen) atoms. The van der Waals surface area contributed by atoms with Gasteiger partial charge >= 0.3 is 5.97 Å². The zero-order valence-corrected chi connectivity index (χ0v) is 12.4. The molecule has 2 rings (SSSR count). The summed E-state index contributed by atoms with van der Waals surface area (Å²) in [6.07, 6.45) is 0. The van der Waals surface area contributed by atoms with Crippen LogP contribution in [0, 0.1) is 10.1 Å². The van der Waals surface area contributed by atoms with Gasteiger partial charge in [0.05, 0.1) is 21.1 Å². The Bertz CT molecular complexity index is 791. The number of rotatable bonds is 5. The highest BCUT2D eigenvalue weighted by Crippen LogP contribution is 2.22. The summed E-state index contributed by atoms with van der Waals surface area (Å²) in [6, 6.07) is 9.65. The molecule has 7 nitrogen and oxygen atoms in total. The van der Waals surface area contributed by atoms with Crippen molar-refractivity contribution in [3.8, 4) is 0 Å². The number of hydrogen-bond acceptors (Lipinski definition) is 4. The van der Waals surface area contributed by atoms with Crippen LogP contribution in [-0.2, 0) is 6.54 Å². The van der Waals surface area contributed by atoms with Crippen LogP contribution in [0.15, 0.2) is 42.5 Å². The van der Waals surface area contributed by atoms with Gasteiger partial charge in [-0.05, 0) is 23.8 Å². The number of amides is 1. The van der Waals surface area contributed by atoms with Gasteiger partial charge in [-0.15, -0.1) is 0 Å². The van der Waals surface area contributed by atoms with E-state index in [-0.39, 0.29) is 28.4 Å². The van der Waals surface area contributed by atoms with Gasteiger partial charge in [-0.2, -0.15) is 0 Å². The number of carbonyl (C=O) groups is 2. The fourth-order valence-electron chi connectivity index (χ4n) is 1.89. The van der Waals surface area contributed by atoms with Crippen molar-refractivity contribution in [2.45, 2.75) is 6.54 Å². The van der Waals surface area contributed by atoms with Crippen molar-refractivity contribution in [3.63, 3.8) is 0 Å². The quantitative estimate of drug-likeness (QED) is 0.645. The Morgan fingerprint density at radius 3 is 2.61 bits per heavy atom. The number of nitrogens with one attached hydrogen (secondary N) is 1. The summed E-state index contributed by atoms with van der Waals surface area (Å²) in [7, 11) is 0. The fourth-order valence-corrected chi connectivity index (χ4v) is 2.10. The lowest BCUT2D eigenvalue weighted by Crippen LogP contribution is -2.23. The Labute approximate surface area is 135 Å². The van der Waals surface area contributed by atoms with Crippen LogP contribution in [0.3, 0.4) is 0 Å². The minimum Gasteiger partial charge on any atom is -0.478 e. The Hall–Kier alpha value is -2.93. The van der Waals surface area contributed by atoms with Crippen molar-refractivity contribution < 1.29 is 19.6 Å². The summed E-state index contributed by atoms with van der Waals surface area (Å²) in [5, 5.41) is 22.3. The summed E-state index contributed by atoms with van der Waals surface area (Å²) in [6.45, 7) is 0.0684. The molecule has 1 amide bonds. The van der Waals surface area contributed by atoms with Gasteiger partial charge in [0.15, 0.2) is 0 Å². The van der Waals surface area contributed by atoms with E-state index in [4.69, 9.17) is 16.7 Å². The smallest absolute Gasteiger partial charge is 0.335 e. The lowest BCUT2D eigenvalue weighted by Gasteiger charge is -2.07. The third-order valence-corrected chi connectivity index (χ3v) is 3.36. The standard InChI is InChI=1S/C15H11ClN2O5/c16-13-5-4-11(18(22)23)7-12(13)14(19)17-8-9-2-1-3-10(6-9)15(20)21/h1-7H,8H2,(H,17,19)(H,20,21). The summed E-state index contributed by atoms with van der Waals surface area (Å²) in [5.41, 5.74) is 0.424. The van der Waals surface area contributed by atoms with E-state index in [0.717, 1.165) is 6.07 Å². The molecular formula is C15H11ClN2O5. The zero-order valence-electron chi connectivity index (χ0n) is 11.7. The third kappa shape index (κ3) is 4.04. The molecule has 0 saturated carbocycles. The highest BCUT2D eigenvalue weighted by Gasteiger charge is 2.15. The van der Waals surface area contributed by atoms with Gasteiger partial charge in [0.2, 0.25) is 0 Å². The van der Waals surface area contributed by atoms with Crippen LogP contribution in [0.5, 0.6) is 0 Å². The molecule has 0 aromatic heterocycles. The molecule has 0 atom stereocenters. The molecule has 0 fully saturated rings. The number of non-ortho nitro benzene ring substituents is 1. The molecule has 0 aliphatic heterocycles. The van der Waals surface area contributed by atoms with Gasteiger partial charge in [-0.1, -0.05) is 23.7 Å². The van der Waals surface area contributed by atoms with E-state index in [0.29, 0.717) is 5.56 Å². The second-order valence-electron chi connectivity index (χ2n) is 4.61. The predicted octanol–water partition coefficient (Wildman–Crippen LogP) is 2.88. The van der Waals surface area contributed by atoms with Crippen LogP contribution >= 0.6 is 11.6 Å². The molecule has 2 N–H and O–H groups in total. The zero-order chi connectivity index (χ0) is 17.0. The fraction of sp³-hybridized carbons (Fsp3) is 0.0667. The Balaban J connectivity index is 2.14. The van der Waals surface area contributed by atoms with Crippen molar-refractivity contribution in [3.05, 3.63) is 74.3 Å². The van der Waals surface area contributed by atoms with Gasteiger partial charge in [0.25, 0.3) is 11.6 Å². The number of nitro groups is 1. The number of hydrogen-bond donors (Lipinski definition) is 2. The normalized spacial score (nSPS) is 10.1. The number of nitrogens with zero attached hydrogens (tertiary/aromatic N) is 1. The number of carboxylic acid groups (broad SMARTS) is 1. The van der Waals surface area contributed by atoms with Crippen molar-refractivity contribution in [2.75, 3.05) is 0 Å². The van der Waals surface area contributed by atoms with Crippen LogP contribution in [-0.4, -0.2) is 21.9 Å². The van der Waals surface area contributed by atoms with E-state index in [1.54, 1.807) is 12.1 Å². The van der Waals surface area contributed by atoms with Crippen LogP contribution in [0.2, 0.25) is 5.02 Å². The summed E-state index contributed by atoms with van der Waals surface area (Å²) in [4.78, 5) is 33.1. The SMILES string of the molecule is O=C(O)c1cccc(CNC(=O)c2cc([N+](=O)[O-])ccc2Cl)c1. The first-order chi connectivity index (χ1) is 10.9. The summed E-state index contributed by atoms with van der Waals surface area (Å²) in [5.74, 6) is -1.65. The number of benzene rings is 2. The van der Waals surface area contributed by atoms with E-state index in [2.05, 4.69) is 5.32 Å². The summed E-state index contributed by atoms with van der Waals surface area (Å²) >= 11 is 5.88.